The molecule has 2 aromatic rings. The minimum Gasteiger partial charge on any atom is -0.391 e. The molecule has 19 heavy (non-hydrogen) atoms. The molecule has 1 aromatic carbocycles. The van der Waals surface area contributed by atoms with Gasteiger partial charge in [0.15, 0.2) is 0 Å². The minimum absolute atomic E-state index is 0.159. The number of β-amino-alcohol motifs (C(OH)–C–C–N with tert-alkyl or cyclic N) is 1. The molecule has 2 heterocycles. The molecule has 0 saturated carbocycles. The number of thiophene rings is 1. The van der Waals surface area contributed by atoms with Crippen molar-refractivity contribution in [2.45, 2.75) is 25.4 Å². The van der Waals surface area contributed by atoms with Crippen molar-refractivity contribution in [2.24, 2.45) is 0 Å². The molecule has 1 saturated heterocycles. The number of carbonyl (C=O) groups excluding carboxylic acids is 1. The minimum atomic E-state index is -0.328. The number of fused-ring (bicyclic) bond motifs is 1. The Hall–Kier alpha value is -1.39. The first kappa shape index (κ1) is 12.6. The number of aryl methyl sites for hydroxylation is 1. The van der Waals surface area contributed by atoms with Crippen molar-refractivity contribution >= 4 is 27.3 Å². The predicted octanol–water partition coefficient (Wildman–Crippen LogP) is 2.43. The number of amides is 1. The normalized spacial score (nSPS) is 19.2. The molecule has 0 bridgehead atoms. The summed E-state index contributed by atoms with van der Waals surface area (Å²) >= 11 is 1.73. The van der Waals surface area contributed by atoms with E-state index < -0.39 is 0 Å². The quantitative estimate of drug-likeness (QED) is 0.934. The Morgan fingerprint density at radius 2 is 2.26 bits per heavy atom. The van der Waals surface area contributed by atoms with Crippen molar-refractivity contribution in [3.63, 3.8) is 0 Å². The Morgan fingerprint density at radius 1 is 1.42 bits per heavy atom. The summed E-state index contributed by atoms with van der Waals surface area (Å²) < 4.78 is 1.28. The first-order valence-corrected chi connectivity index (χ1v) is 7.53. The zero-order valence-corrected chi connectivity index (χ0v) is 11.5. The van der Waals surface area contributed by atoms with Crippen molar-refractivity contribution in [3.05, 3.63) is 35.2 Å². The summed E-state index contributed by atoms with van der Waals surface area (Å²) in [7, 11) is 0. The Balaban J connectivity index is 1.64. The maximum Gasteiger partial charge on any atom is 0.222 e. The molecule has 0 unspecified atom stereocenters. The fourth-order valence-electron chi connectivity index (χ4n) is 2.59. The molecule has 100 valence electrons. The molecule has 0 radical (unpaired) electrons. The maximum absolute atomic E-state index is 12.0. The van der Waals surface area contributed by atoms with Crippen molar-refractivity contribution < 1.29 is 9.90 Å². The van der Waals surface area contributed by atoms with E-state index in [1.165, 1.54) is 15.6 Å². The molecule has 4 heteroatoms. The van der Waals surface area contributed by atoms with Crippen LogP contribution in [-0.4, -0.2) is 35.1 Å². The molecule has 1 aliphatic heterocycles. The lowest BCUT2D eigenvalue weighted by atomic mass is 10.1. The van der Waals surface area contributed by atoms with Crippen LogP contribution in [0.25, 0.3) is 10.1 Å². The summed E-state index contributed by atoms with van der Waals surface area (Å²) in [4.78, 5) is 13.8. The third kappa shape index (κ3) is 2.65. The molecule has 0 aliphatic carbocycles. The van der Waals surface area contributed by atoms with Crippen LogP contribution in [0.3, 0.4) is 0 Å². The second kappa shape index (κ2) is 5.31. The van der Waals surface area contributed by atoms with Gasteiger partial charge in [-0.25, -0.2) is 0 Å². The van der Waals surface area contributed by atoms with E-state index >= 15 is 0 Å². The third-order valence-corrected chi connectivity index (χ3v) is 4.70. The van der Waals surface area contributed by atoms with E-state index in [0.29, 0.717) is 25.9 Å². The van der Waals surface area contributed by atoms with E-state index in [1.54, 1.807) is 16.2 Å². The number of carbonyl (C=O) groups is 1. The second-order valence-electron chi connectivity index (χ2n) is 5.04. The topological polar surface area (TPSA) is 40.5 Å². The van der Waals surface area contributed by atoms with Crippen LogP contribution >= 0.6 is 11.3 Å². The fourth-order valence-corrected chi connectivity index (χ4v) is 3.59. The summed E-state index contributed by atoms with van der Waals surface area (Å²) in [6, 6.07) is 8.31. The molecule has 1 atom stereocenters. The Kier molecular flexibility index (Phi) is 3.53. The lowest BCUT2D eigenvalue weighted by Crippen LogP contribution is -2.29. The van der Waals surface area contributed by atoms with E-state index in [1.807, 2.05) is 12.1 Å². The van der Waals surface area contributed by atoms with Gasteiger partial charge < -0.3 is 10.0 Å². The molecule has 1 aliphatic rings. The lowest BCUT2D eigenvalue weighted by molar-refractivity contribution is -0.130. The molecule has 1 aromatic heterocycles. The van der Waals surface area contributed by atoms with Crippen LogP contribution < -0.4 is 0 Å². The number of aliphatic hydroxyl groups excluding tert-OH is 1. The summed E-state index contributed by atoms with van der Waals surface area (Å²) in [5, 5.41) is 12.9. The number of benzene rings is 1. The number of rotatable bonds is 3. The predicted molar refractivity (Wildman–Crippen MR) is 77.3 cm³/mol. The van der Waals surface area contributed by atoms with Gasteiger partial charge in [-0.3, -0.25) is 4.79 Å². The van der Waals surface area contributed by atoms with Gasteiger partial charge >= 0.3 is 0 Å². The van der Waals surface area contributed by atoms with Gasteiger partial charge in [0.2, 0.25) is 5.91 Å². The maximum atomic E-state index is 12.0. The van der Waals surface area contributed by atoms with E-state index in [2.05, 4.69) is 17.5 Å². The molecule has 0 spiro atoms. The third-order valence-electron chi connectivity index (χ3n) is 3.69. The van der Waals surface area contributed by atoms with Crippen molar-refractivity contribution in [1.29, 1.82) is 0 Å². The van der Waals surface area contributed by atoms with E-state index in [4.69, 9.17) is 0 Å². The zero-order chi connectivity index (χ0) is 13.2. The van der Waals surface area contributed by atoms with Gasteiger partial charge in [0.1, 0.15) is 0 Å². The van der Waals surface area contributed by atoms with Crippen LogP contribution in [-0.2, 0) is 11.2 Å². The van der Waals surface area contributed by atoms with E-state index in [-0.39, 0.29) is 12.0 Å². The van der Waals surface area contributed by atoms with Crippen LogP contribution in [0.15, 0.2) is 29.6 Å². The van der Waals surface area contributed by atoms with Gasteiger partial charge in [-0.2, -0.15) is 0 Å². The molecule has 3 nitrogen and oxygen atoms in total. The standard InChI is InChI=1S/C15H17NO2S/c17-12-7-8-16(9-12)15(18)6-5-11-10-19-14-4-2-1-3-13(11)14/h1-4,10,12,17H,5-9H2/t12-/m1/s1. The summed E-state index contributed by atoms with van der Waals surface area (Å²) in [6.45, 7) is 1.20. The summed E-state index contributed by atoms with van der Waals surface area (Å²) in [5.74, 6) is 0.159. The van der Waals surface area contributed by atoms with Gasteiger partial charge in [0.05, 0.1) is 6.10 Å². The largest absolute Gasteiger partial charge is 0.391 e. The smallest absolute Gasteiger partial charge is 0.222 e. The molecule has 3 rings (SSSR count). The van der Waals surface area contributed by atoms with Crippen molar-refractivity contribution in [1.82, 2.24) is 4.90 Å². The first-order chi connectivity index (χ1) is 9.24. The second-order valence-corrected chi connectivity index (χ2v) is 5.95. The van der Waals surface area contributed by atoms with Crippen molar-refractivity contribution in [2.75, 3.05) is 13.1 Å². The number of hydrogen-bond acceptors (Lipinski definition) is 3. The zero-order valence-electron chi connectivity index (χ0n) is 10.7. The average molecular weight is 275 g/mol. The average Bonchev–Trinajstić information content (AvgIpc) is 3.02. The highest BCUT2D eigenvalue weighted by Crippen LogP contribution is 2.26. The number of nitrogens with zero attached hydrogens (tertiary/aromatic N) is 1. The Morgan fingerprint density at radius 3 is 3.05 bits per heavy atom. The van der Waals surface area contributed by atoms with Gasteiger partial charge in [0.25, 0.3) is 0 Å². The summed E-state index contributed by atoms with van der Waals surface area (Å²) in [6.07, 6.45) is 1.71. The molecule has 1 fully saturated rings. The summed E-state index contributed by atoms with van der Waals surface area (Å²) in [5.41, 5.74) is 1.26. The number of aliphatic hydroxyl groups is 1. The first-order valence-electron chi connectivity index (χ1n) is 6.65. The van der Waals surface area contributed by atoms with Crippen LogP contribution in [0.2, 0.25) is 0 Å². The molecule has 1 amide bonds. The van der Waals surface area contributed by atoms with Crippen LogP contribution in [0, 0.1) is 0 Å². The van der Waals surface area contributed by atoms with E-state index in [0.717, 1.165) is 6.42 Å². The number of hydrogen-bond donors (Lipinski definition) is 1. The van der Waals surface area contributed by atoms with Crippen LogP contribution in [0.4, 0.5) is 0 Å². The van der Waals surface area contributed by atoms with Gasteiger partial charge in [-0.15, -0.1) is 11.3 Å². The van der Waals surface area contributed by atoms with Crippen LogP contribution in [0.1, 0.15) is 18.4 Å². The Labute approximate surface area is 116 Å². The highest BCUT2D eigenvalue weighted by atomic mass is 32.1. The van der Waals surface area contributed by atoms with E-state index in [9.17, 15) is 9.90 Å². The van der Waals surface area contributed by atoms with Gasteiger partial charge in [-0.1, -0.05) is 18.2 Å². The van der Waals surface area contributed by atoms with Crippen LogP contribution in [0.5, 0.6) is 0 Å². The van der Waals surface area contributed by atoms with Crippen molar-refractivity contribution in [3.8, 4) is 0 Å². The van der Waals surface area contributed by atoms with Gasteiger partial charge in [-0.05, 0) is 35.2 Å². The lowest BCUT2D eigenvalue weighted by Gasteiger charge is -2.15. The molecular weight excluding hydrogens is 258 g/mol. The SMILES string of the molecule is O=C(CCc1csc2ccccc12)N1CC[C@@H](O)C1. The highest BCUT2D eigenvalue weighted by molar-refractivity contribution is 7.17. The monoisotopic (exact) mass is 275 g/mol. The van der Waals surface area contributed by atoms with Gasteiger partial charge in [0, 0.05) is 24.2 Å². The Bertz CT molecular complexity index is 593. The highest BCUT2D eigenvalue weighted by Gasteiger charge is 2.24. The fraction of sp³-hybridized carbons (Fsp3) is 0.400. The number of likely N-dealkylation sites (tertiary alicyclic amines) is 1. The molecular formula is C15H17NO2S. The molecule has 1 N–H and O–H groups in total.